The fraction of sp³-hybridized carbons (Fsp3) is 0.500. The van der Waals surface area contributed by atoms with Gasteiger partial charge in [0.1, 0.15) is 11.9 Å². The molecule has 4 heteroatoms. The molecule has 3 rings (SSSR count). The number of aromatic nitrogens is 2. The number of anilines is 1. The molecule has 1 aliphatic rings. The van der Waals surface area contributed by atoms with Gasteiger partial charge in [-0.1, -0.05) is 13.3 Å². The van der Waals surface area contributed by atoms with E-state index < -0.39 is 6.10 Å². The van der Waals surface area contributed by atoms with E-state index in [1.54, 1.807) is 6.92 Å². The topological polar surface area (TPSA) is 64.1 Å². The fourth-order valence-electron chi connectivity index (χ4n) is 2.76. The van der Waals surface area contributed by atoms with Gasteiger partial charge in [-0.25, -0.2) is 4.98 Å². The number of benzene rings is 1. The lowest BCUT2D eigenvalue weighted by atomic mass is 10.2. The molecule has 1 aromatic heterocycles. The van der Waals surface area contributed by atoms with Crippen molar-refractivity contribution in [3.8, 4) is 0 Å². The molecule has 3 atom stereocenters. The largest absolute Gasteiger partial charge is 0.399 e. The van der Waals surface area contributed by atoms with E-state index in [-0.39, 0.29) is 0 Å². The van der Waals surface area contributed by atoms with Crippen molar-refractivity contribution in [3.63, 3.8) is 0 Å². The molecular formula is C14H19N3O. The van der Waals surface area contributed by atoms with Gasteiger partial charge in [0.2, 0.25) is 0 Å². The molecule has 4 nitrogen and oxygen atoms in total. The van der Waals surface area contributed by atoms with Gasteiger partial charge in [0.25, 0.3) is 0 Å². The predicted molar refractivity (Wildman–Crippen MR) is 72.2 cm³/mol. The summed E-state index contributed by atoms with van der Waals surface area (Å²) in [4.78, 5) is 4.54. The van der Waals surface area contributed by atoms with Gasteiger partial charge in [0, 0.05) is 11.7 Å². The minimum atomic E-state index is -0.545. The Morgan fingerprint density at radius 3 is 2.94 bits per heavy atom. The van der Waals surface area contributed by atoms with Crippen molar-refractivity contribution in [3.05, 3.63) is 24.0 Å². The Kier molecular flexibility index (Phi) is 2.55. The van der Waals surface area contributed by atoms with Crippen LogP contribution in [0.3, 0.4) is 0 Å². The van der Waals surface area contributed by atoms with Crippen molar-refractivity contribution < 1.29 is 5.11 Å². The van der Waals surface area contributed by atoms with Gasteiger partial charge in [-0.15, -0.1) is 0 Å². The van der Waals surface area contributed by atoms with Crippen LogP contribution in [-0.4, -0.2) is 14.7 Å². The van der Waals surface area contributed by atoms with Crippen LogP contribution in [0.5, 0.6) is 0 Å². The standard InChI is InChI=1S/C14H19N3O/c1-3-9-6-13(9)17-12-5-4-10(15)7-11(12)16-14(17)8(2)18/h4-5,7-9,13,18H,3,6,15H2,1-2H3. The Morgan fingerprint density at radius 2 is 2.33 bits per heavy atom. The summed E-state index contributed by atoms with van der Waals surface area (Å²) < 4.78 is 2.20. The number of fused-ring (bicyclic) bond motifs is 1. The van der Waals surface area contributed by atoms with Gasteiger partial charge < -0.3 is 15.4 Å². The molecule has 1 aromatic carbocycles. The van der Waals surface area contributed by atoms with Crippen LogP contribution in [0.1, 0.15) is 44.7 Å². The van der Waals surface area contributed by atoms with Gasteiger partial charge in [0.05, 0.1) is 11.0 Å². The monoisotopic (exact) mass is 245 g/mol. The van der Waals surface area contributed by atoms with Gasteiger partial charge in [-0.05, 0) is 37.5 Å². The van der Waals surface area contributed by atoms with Gasteiger partial charge in [-0.2, -0.15) is 0 Å². The van der Waals surface area contributed by atoms with E-state index in [1.165, 1.54) is 12.8 Å². The average Bonchev–Trinajstić information content (AvgIpc) is 3.01. The van der Waals surface area contributed by atoms with Crippen LogP contribution in [-0.2, 0) is 0 Å². The average molecular weight is 245 g/mol. The summed E-state index contributed by atoms with van der Waals surface area (Å²) >= 11 is 0. The first-order valence-corrected chi connectivity index (χ1v) is 6.57. The van der Waals surface area contributed by atoms with E-state index >= 15 is 0 Å². The number of nitrogens with two attached hydrogens (primary N) is 1. The molecule has 1 aliphatic carbocycles. The zero-order chi connectivity index (χ0) is 12.9. The van der Waals surface area contributed by atoms with E-state index in [1.807, 2.05) is 18.2 Å². The summed E-state index contributed by atoms with van der Waals surface area (Å²) in [5, 5.41) is 9.90. The molecule has 1 saturated carbocycles. The zero-order valence-corrected chi connectivity index (χ0v) is 10.8. The summed E-state index contributed by atoms with van der Waals surface area (Å²) in [6.45, 7) is 3.98. The summed E-state index contributed by atoms with van der Waals surface area (Å²) in [5.74, 6) is 1.48. The molecule has 3 N–H and O–H groups in total. The number of aliphatic hydroxyl groups is 1. The number of aliphatic hydroxyl groups excluding tert-OH is 1. The molecule has 0 radical (unpaired) electrons. The third-order valence-corrected chi connectivity index (χ3v) is 3.86. The minimum absolute atomic E-state index is 0.494. The fourth-order valence-corrected chi connectivity index (χ4v) is 2.76. The number of nitrogens with zero attached hydrogens (tertiary/aromatic N) is 2. The highest BCUT2D eigenvalue weighted by molar-refractivity contribution is 5.80. The van der Waals surface area contributed by atoms with Crippen LogP contribution in [0, 0.1) is 5.92 Å². The first kappa shape index (κ1) is 11.5. The highest BCUT2D eigenvalue weighted by Crippen LogP contribution is 2.48. The smallest absolute Gasteiger partial charge is 0.138 e. The van der Waals surface area contributed by atoms with Crippen molar-refractivity contribution in [1.82, 2.24) is 9.55 Å². The number of rotatable bonds is 3. The second kappa shape index (κ2) is 3.99. The normalized spacial score (nSPS) is 24.4. The minimum Gasteiger partial charge on any atom is -0.399 e. The van der Waals surface area contributed by atoms with E-state index in [9.17, 15) is 5.11 Å². The molecule has 1 fully saturated rings. The third kappa shape index (κ3) is 1.68. The van der Waals surface area contributed by atoms with Crippen molar-refractivity contribution in [2.24, 2.45) is 5.92 Å². The quantitative estimate of drug-likeness (QED) is 0.817. The Hall–Kier alpha value is -1.55. The van der Waals surface area contributed by atoms with Crippen molar-refractivity contribution in [2.75, 3.05) is 5.73 Å². The van der Waals surface area contributed by atoms with Gasteiger partial charge >= 0.3 is 0 Å². The number of hydrogen-bond acceptors (Lipinski definition) is 3. The highest BCUT2D eigenvalue weighted by Gasteiger charge is 2.39. The second-order valence-electron chi connectivity index (χ2n) is 5.24. The number of imidazole rings is 1. The van der Waals surface area contributed by atoms with Crippen LogP contribution >= 0.6 is 0 Å². The molecule has 18 heavy (non-hydrogen) atoms. The Bertz CT molecular complexity index is 588. The Labute approximate surface area is 106 Å². The maximum Gasteiger partial charge on any atom is 0.138 e. The summed E-state index contributed by atoms with van der Waals surface area (Å²) in [6, 6.07) is 6.28. The molecule has 3 unspecified atom stereocenters. The summed E-state index contributed by atoms with van der Waals surface area (Å²) in [5.41, 5.74) is 8.47. The van der Waals surface area contributed by atoms with E-state index in [4.69, 9.17) is 5.73 Å². The first-order valence-electron chi connectivity index (χ1n) is 6.57. The van der Waals surface area contributed by atoms with Crippen LogP contribution < -0.4 is 5.73 Å². The van der Waals surface area contributed by atoms with Crippen LogP contribution in [0.25, 0.3) is 11.0 Å². The maximum absolute atomic E-state index is 9.90. The van der Waals surface area contributed by atoms with Crippen LogP contribution in [0.15, 0.2) is 18.2 Å². The van der Waals surface area contributed by atoms with Crippen molar-refractivity contribution >= 4 is 16.7 Å². The van der Waals surface area contributed by atoms with Crippen LogP contribution in [0.4, 0.5) is 5.69 Å². The lowest BCUT2D eigenvalue weighted by Gasteiger charge is -2.10. The van der Waals surface area contributed by atoms with Crippen molar-refractivity contribution in [1.29, 1.82) is 0 Å². The van der Waals surface area contributed by atoms with E-state index in [0.29, 0.717) is 11.7 Å². The van der Waals surface area contributed by atoms with Gasteiger partial charge in [0.15, 0.2) is 0 Å². The van der Waals surface area contributed by atoms with Crippen LogP contribution in [0.2, 0.25) is 0 Å². The lowest BCUT2D eigenvalue weighted by molar-refractivity contribution is 0.184. The van der Waals surface area contributed by atoms with Gasteiger partial charge in [-0.3, -0.25) is 0 Å². The summed E-state index contributed by atoms with van der Waals surface area (Å²) in [6.07, 6.45) is 1.82. The first-order chi connectivity index (χ1) is 8.61. The predicted octanol–water partition coefficient (Wildman–Crippen LogP) is 2.64. The molecule has 0 bridgehead atoms. The molecule has 0 saturated heterocycles. The van der Waals surface area contributed by atoms with E-state index in [2.05, 4.69) is 16.5 Å². The molecule has 0 spiro atoms. The molecular weight excluding hydrogens is 226 g/mol. The van der Waals surface area contributed by atoms with E-state index in [0.717, 1.165) is 22.8 Å². The second-order valence-corrected chi connectivity index (χ2v) is 5.24. The molecule has 96 valence electrons. The Balaban J connectivity index is 2.17. The zero-order valence-electron chi connectivity index (χ0n) is 10.8. The summed E-state index contributed by atoms with van der Waals surface area (Å²) in [7, 11) is 0. The SMILES string of the molecule is CCC1CC1n1c(C(C)O)nc2cc(N)ccc21. The maximum atomic E-state index is 9.90. The molecule has 0 amide bonds. The van der Waals surface area contributed by atoms with Crippen molar-refractivity contribution in [2.45, 2.75) is 38.8 Å². The molecule has 0 aliphatic heterocycles. The lowest BCUT2D eigenvalue weighted by Crippen LogP contribution is -2.06. The number of nitrogen functional groups attached to an aromatic ring is 1. The number of hydrogen-bond donors (Lipinski definition) is 2. The third-order valence-electron chi connectivity index (χ3n) is 3.86. The highest BCUT2D eigenvalue weighted by atomic mass is 16.3. The Morgan fingerprint density at radius 1 is 1.56 bits per heavy atom. The molecule has 1 heterocycles. The molecule has 2 aromatic rings.